The molecule has 0 atom stereocenters. The van der Waals surface area contributed by atoms with Gasteiger partial charge in [-0.05, 0) is 73.7 Å². The van der Waals surface area contributed by atoms with Crippen molar-refractivity contribution in [1.82, 2.24) is 4.57 Å². The van der Waals surface area contributed by atoms with Crippen molar-refractivity contribution in [2.24, 2.45) is 0 Å². The second kappa shape index (κ2) is 9.63. The van der Waals surface area contributed by atoms with Crippen LogP contribution in [0.3, 0.4) is 0 Å². The number of nitrogens with zero attached hydrogens (tertiary/aromatic N) is 1. The Balaban J connectivity index is 1.68. The molecule has 4 aromatic carbocycles. The largest absolute Gasteiger partial charge is 0.384 e. The van der Waals surface area contributed by atoms with Crippen LogP contribution in [-0.4, -0.2) is 11.1 Å². The molecule has 1 aromatic heterocycles. The second-order valence-electron chi connectivity index (χ2n) is 9.30. The van der Waals surface area contributed by atoms with E-state index < -0.39 is 0 Å². The number of benzene rings is 4. The molecule has 1 N–H and O–H groups in total. The van der Waals surface area contributed by atoms with Gasteiger partial charge in [-0.1, -0.05) is 72.3 Å². The summed E-state index contributed by atoms with van der Waals surface area (Å²) in [5.74, 6) is 0. The summed E-state index contributed by atoms with van der Waals surface area (Å²) in [6.07, 6.45) is 0.893. The molecule has 0 spiro atoms. The lowest BCUT2D eigenvalue weighted by Crippen LogP contribution is -2.14. The van der Waals surface area contributed by atoms with E-state index in [2.05, 4.69) is 103 Å². The molecule has 5 aromatic rings. The van der Waals surface area contributed by atoms with E-state index in [0.717, 1.165) is 46.5 Å². The van der Waals surface area contributed by atoms with Crippen LogP contribution in [0, 0.1) is 20.8 Å². The first-order valence-electron chi connectivity index (χ1n) is 12.1. The Morgan fingerprint density at radius 1 is 0.714 bits per heavy atom. The summed E-state index contributed by atoms with van der Waals surface area (Å²) in [6, 6.07) is 33.2. The monoisotopic (exact) mass is 458 g/mol. The predicted octanol–water partition coefficient (Wildman–Crippen LogP) is 7.24. The Kier molecular flexibility index (Phi) is 6.24. The summed E-state index contributed by atoms with van der Waals surface area (Å²) < 4.78 is 2.23. The average molecular weight is 459 g/mol. The first-order chi connectivity index (χ1) is 17.0. The maximum absolute atomic E-state index is 13.6. The molecule has 3 nitrogen and oxygen atoms in total. The standard InChI is InChI=1S/C32H30N2O/c1-22-12-14-26(15-13-22)30-21-31(35)32-28(33-17-16-25-8-5-4-6-9-25)10-7-11-29(32)34(30)27-19-23(2)18-24(3)20-27/h4-15,18-21,33H,16-17H2,1-3H3. The summed E-state index contributed by atoms with van der Waals surface area (Å²) in [6.45, 7) is 7.06. The SMILES string of the molecule is Cc1ccc(-c2cc(=O)c3c(NCCc4ccccc4)cccc3n2-c2cc(C)cc(C)c2)cc1. The first kappa shape index (κ1) is 22.7. The molecular formula is C32H30N2O. The van der Waals surface area contributed by atoms with E-state index in [1.165, 1.54) is 22.3 Å². The maximum atomic E-state index is 13.6. The Morgan fingerprint density at radius 3 is 2.14 bits per heavy atom. The number of hydrogen-bond donors (Lipinski definition) is 1. The molecule has 5 rings (SSSR count). The number of fused-ring (bicyclic) bond motifs is 1. The number of hydrogen-bond acceptors (Lipinski definition) is 2. The molecule has 0 unspecified atom stereocenters. The van der Waals surface area contributed by atoms with Gasteiger partial charge < -0.3 is 9.88 Å². The zero-order valence-corrected chi connectivity index (χ0v) is 20.5. The molecule has 0 fully saturated rings. The second-order valence-corrected chi connectivity index (χ2v) is 9.30. The Bertz CT molecular complexity index is 1530. The van der Waals surface area contributed by atoms with Crippen molar-refractivity contribution >= 4 is 16.6 Å². The molecule has 0 saturated carbocycles. The van der Waals surface area contributed by atoms with E-state index in [9.17, 15) is 4.79 Å². The minimum atomic E-state index is 0.0269. The summed E-state index contributed by atoms with van der Waals surface area (Å²) in [5.41, 5.74) is 9.64. The molecule has 0 amide bonds. The van der Waals surface area contributed by atoms with Gasteiger partial charge in [-0.3, -0.25) is 4.79 Å². The molecule has 174 valence electrons. The third kappa shape index (κ3) is 4.76. The highest BCUT2D eigenvalue weighted by molar-refractivity contribution is 5.94. The van der Waals surface area contributed by atoms with Crippen molar-refractivity contribution in [1.29, 1.82) is 0 Å². The van der Waals surface area contributed by atoms with Crippen molar-refractivity contribution in [2.75, 3.05) is 11.9 Å². The van der Waals surface area contributed by atoms with Gasteiger partial charge in [0, 0.05) is 24.0 Å². The predicted molar refractivity (Wildman–Crippen MR) is 148 cm³/mol. The van der Waals surface area contributed by atoms with Gasteiger partial charge in [0.15, 0.2) is 5.43 Å². The first-order valence-corrected chi connectivity index (χ1v) is 12.1. The van der Waals surface area contributed by atoms with E-state index >= 15 is 0 Å². The van der Waals surface area contributed by atoms with Crippen molar-refractivity contribution in [2.45, 2.75) is 27.2 Å². The third-order valence-corrected chi connectivity index (χ3v) is 6.42. The van der Waals surface area contributed by atoms with Crippen LogP contribution in [0.5, 0.6) is 0 Å². The van der Waals surface area contributed by atoms with E-state index in [0.29, 0.717) is 0 Å². The lowest BCUT2D eigenvalue weighted by Gasteiger charge is -2.20. The minimum Gasteiger partial charge on any atom is -0.384 e. The van der Waals surface area contributed by atoms with Crippen LogP contribution in [0.25, 0.3) is 27.8 Å². The lowest BCUT2D eigenvalue weighted by molar-refractivity contribution is 1.02. The highest BCUT2D eigenvalue weighted by Crippen LogP contribution is 2.30. The van der Waals surface area contributed by atoms with Crippen molar-refractivity contribution < 1.29 is 0 Å². The van der Waals surface area contributed by atoms with Crippen molar-refractivity contribution in [3.63, 3.8) is 0 Å². The highest BCUT2D eigenvalue weighted by atomic mass is 16.1. The molecule has 0 bridgehead atoms. The summed E-state index contributed by atoms with van der Waals surface area (Å²) in [7, 11) is 0. The smallest absolute Gasteiger partial charge is 0.192 e. The van der Waals surface area contributed by atoms with Crippen LogP contribution < -0.4 is 10.7 Å². The lowest BCUT2D eigenvalue weighted by atomic mass is 10.0. The fraction of sp³-hybridized carbons (Fsp3) is 0.156. The zero-order chi connectivity index (χ0) is 24.4. The van der Waals surface area contributed by atoms with Gasteiger partial charge in [0.1, 0.15) is 0 Å². The molecule has 1 heterocycles. The number of aryl methyl sites for hydroxylation is 3. The van der Waals surface area contributed by atoms with Gasteiger partial charge in [0.25, 0.3) is 0 Å². The van der Waals surface area contributed by atoms with Crippen molar-refractivity contribution in [3.8, 4) is 16.9 Å². The molecule has 0 aliphatic carbocycles. The number of anilines is 1. The van der Waals surface area contributed by atoms with Gasteiger partial charge in [0.05, 0.1) is 16.6 Å². The fourth-order valence-corrected chi connectivity index (χ4v) is 4.80. The van der Waals surface area contributed by atoms with Gasteiger partial charge in [-0.25, -0.2) is 0 Å². The Labute approximate surface area is 206 Å². The van der Waals surface area contributed by atoms with Crippen LogP contribution in [0.2, 0.25) is 0 Å². The summed E-state index contributed by atoms with van der Waals surface area (Å²) in [4.78, 5) is 13.6. The van der Waals surface area contributed by atoms with Gasteiger partial charge in [-0.15, -0.1) is 0 Å². The van der Waals surface area contributed by atoms with Crippen LogP contribution in [0.1, 0.15) is 22.3 Å². The van der Waals surface area contributed by atoms with Crippen LogP contribution >= 0.6 is 0 Å². The van der Waals surface area contributed by atoms with Crippen LogP contribution in [-0.2, 0) is 6.42 Å². The van der Waals surface area contributed by atoms with Gasteiger partial charge in [-0.2, -0.15) is 0 Å². The van der Waals surface area contributed by atoms with Gasteiger partial charge >= 0.3 is 0 Å². The van der Waals surface area contributed by atoms with E-state index in [4.69, 9.17) is 0 Å². The zero-order valence-electron chi connectivity index (χ0n) is 20.5. The Hall–Kier alpha value is -4.11. The van der Waals surface area contributed by atoms with Gasteiger partial charge in [0.2, 0.25) is 0 Å². The Morgan fingerprint density at radius 2 is 1.43 bits per heavy atom. The molecule has 0 aliphatic heterocycles. The van der Waals surface area contributed by atoms with Crippen LogP contribution in [0.4, 0.5) is 5.69 Å². The fourth-order valence-electron chi connectivity index (χ4n) is 4.80. The van der Waals surface area contributed by atoms with E-state index in [1.54, 1.807) is 6.07 Å². The van der Waals surface area contributed by atoms with E-state index in [-0.39, 0.29) is 5.43 Å². The summed E-state index contributed by atoms with van der Waals surface area (Å²) in [5, 5.41) is 4.25. The minimum absolute atomic E-state index is 0.0269. The summed E-state index contributed by atoms with van der Waals surface area (Å²) >= 11 is 0. The van der Waals surface area contributed by atoms with Crippen LogP contribution in [0.15, 0.2) is 102 Å². The highest BCUT2D eigenvalue weighted by Gasteiger charge is 2.16. The molecular weight excluding hydrogens is 428 g/mol. The topological polar surface area (TPSA) is 34.0 Å². The molecule has 35 heavy (non-hydrogen) atoms. The van der Waals surface area contributed by atoms with E-state index in [1.807, 2.05) is 18.2 Å². The molecule has 0 aliphatic rings. The quantitative estimate of drug-likeness (QED) is 0.291. The average Bonchev–Trinajstić information content (AvgIpc) is 2.84. The molecule has 0 radical (unpaired) electrons. The number of nitrogens with one attached hydrogen (secondary N) is 1. The molecule has 0 saturated heterocycles. The number of rotatable bonds is 6. The normalized spacial score (nSPS) is 11.1. The maximum Gasteiger partial charge on any atom is 0.192 e. The van der Waals surface area contributed by atoms with Crippen molar-refractivity contribution in [3.05, 3.63) is 130 Å². The number of pyridine rings is 1. The molecule has 3 heteroatoms. The number of aromatic nitrogens is 1. The third-order valence-electron chi connectivity index (χ3n) is 6.42.